The highest BCUT2D eigenvalue weighted by molar-refractivity contribution is 5.94. The maximum atomic E-state index is 11.0. The number of carbonyl (C=O) groups is 2. The van der Waals surface area contributed by atoms with Crippen molar-refractivity contribution >= 4 is 11.8 Å². The highest BCUT2D eigenvalue weighted by Crippen LogP contribution is 2.25. The summed E-state index contributed by atoms with van der Waals surface area (Å²) in [6.07, 6.45) is -0.333. The number of aliphatic hydroxyl groups is 1. The summed E-state index contributed by atoms with van der Waals surface area (Å²) in [7, 11) is 0. The molecule has 0 spiro atoms. The Hall–Kier alpha value is -0.940. The molecule has 5 nitrogen and oxygen atoms in total. The first-order valence-electron chi connectivity index (χ1n) is 5.74. The summed E-state index contributed by atoms with van der Waals surface area (Å²) in [5.74, 6) is -0.798. The van der Waals surface area contributed by atoms with Crippen molar-refractivity contribution in [1.29, 1.82) is 0 Å². The van der Waals surface area contributed by atoms with E-state index < -0.39 is 12.3 Å². The van der Waals surface area contributed by atoms with Crippen molar-refractivity contribution in [2.45, 2.75) is 46.8 Å². The predicted octanol–water partition coefficient (Wildman–Crippen LogP) is 1.28. The standard InChI is InChI=1S/C12H22O5/c1-5-12(3,4)11(15)17-7-6-16-10(14)8-9(2)13/h11,15H,5-8H2,1-4H3/t11-/m1/s1. The van der Waals surface area contributed by atoms with Gasteiger partial charge in [-0.15, -0.1) is 0 Å². The van der Waals surface area contributed by atoms with Crippen molar-refractivity contribution in [1.82, 2.24) is 0 Å². The second-order valence-corrected chi connectivity index (χ2v) is 4.66. The van der Waals surface area contributed by atoms with Crippen molar-refractivity contribution < 1.29 is 24.2 Å². The van der Waals surface area contributed by atoms with Crippen LogP contribution in [0.2, 0.25) is 0 Å². The monoisotopic (exact) mass is 246 g/mol. The molecule has 0 unspecified atom stereocenters. The Morgan fingerprint density at radius 3 is 2.35 bits per heavy atom. The lowest BCUT2D eigenvalue weighted by atomic mass is 9.90. The van der Waals surface area contributed by atoms with Crippen molar-refractivity contribution in [3.63, 3.8) is 0 Å². The van der Waals surface area contributed by atoms with Crippen LogP contribution in [0.4, 0.5) is 0 Å². The maximum Gasteiger partial charge on any atom is 0.313 e. The van der Waals surface area contributed by atoms with Gasteiger partial charge in [0.1, 0.15) is 18.8 Å². The van der Waals surface area contributed by atoms with Gasteiger partial charge < -0.3 is 14.6 Å². The van der Waals surface area contributed by atoms with Crippen LogP contribution in [0, 0.1) is 5.41 Å². The van der Waals surface area contributed by atoms with E-state index in [1.54, 1.807) is 0 Å². The van der Waals surface area contributed by atoms with Crippen LogP contribution in [0.25, 0.3) is 0 Å². The van der Waals surface area contributed by atoms with Crippen LogP contribution in [0.15, 0.2) is 0 Å². The average molecular weight is 246 g/mol. The van der Waals surface area contributed by atoms with E-state index in [4.69, 9.17) is 9.47 Å². The molecule has 0 radical (unpaired) electrons. The average Bonchev–Trinajstić information content (AvgIpc) is 2.23. The molecule has 0 aliphatic carbocycles. The molecule has 0 aliphatic rings. The van der Waals surface area contributed by atoms with Gasteiger partial charge in [0.25, 0.3) is 0 Å². The summed E-state index contributed by atoms with van der Waals surface area (Å²) in [4.78, 5) is 21.6. The Morgan fingerprint density at radius 1 is 1.29 bits per heavy atom. The zero-order chi connectivity index (χ0) is 13.5. The van der Waals surface area contributed by atoms with Crippen molar-refractivity contribution in [3.8, 4) is 0 Å². The summed E-state index contributed by atoms with van der Waals surface area (Å²) < 4.78 is 9.90. The molecule has 0 aromatic carbocycles. The molecule has 0 amide bonds. The SMILES string of the molecule is CCC(C)(C)[C@H](O)OCCOC(=O)CC(C)=O. The maximum absolute atomic E-state index is 11.0. The van der Waals surface area contributed by atoms with E-state index in [0.717, 1.165) is 6.42 Å². The lowest BCUT2D eigenvalue weighted by Gasteiger charge is -2.28. The molecule has 0 rings (SSSR count). The number of ether oxygens (including phenoxy) is 2. The second-order valence-electron chi connectivity index (χ2n) is 4.66. The number of esters is 1. The molecule has 0 fully saturated rings. The fourth-order valence-electron chi connectivity index (χ4n) is 0.970. The Balaban J connectivity index is 3.71. The minimum atomic E-state index is -0.890. The van der Waals surface area contributed by atoms with E-state index in [-0.39, 0.29) is 30.8 Å². The van der Waals surface area contributed by atoms with E-state index in [2.05, 4.69) is 0 Å². The van der Waals surface area contributed by atoms with Crippen LogP contribution in [0.3, 0.4) is 0 Å². The van der Waals surface area contributed by atoms with Crippen LogP contribution in [-0.2, 0) is 19.1 Å². The third kappa shape index (κ3) is 7.07. The fraction of sp³-hybridized carbons (Fsp3) is 0.833. The van der Waals surface area contributed by atoms with Gasteiger partial charge in [-0.25, -0.2) is 0 Å². The normalized spacial score (nSPS) is 13.2. The molecule has 0 saturated carbocycles. The molecule has 0 saturated heterocycles. The summed E-state index contributed by atoms with van der Waals surface area (Å²) in [5.41, 5.74) is -0.330. The van der Waals surface area contributed by atoms with Crippen molar-refractivity contribution in [2.24, 2.45) is 5.41 Å². The van der Waals surface area contributed by atoms with Crippen LogP contribution in [0.5, 0.6) is 0 Å². The lowest BCUT2D eigenvalue weighted by molar-refractivity contribution is -0.176. The smallest absolute Gasteiger partial charge is 0.313 e. The number of hydrogen-bond acceptors (Lipinski definition) is 5. The first-order valence-corrected chi connectivity index (χ1v) is 5.74. The third-order valence-corrected chi connectivity index (χ3v) is 2.60. The molecular formula is C12H22O5. The second kappa shape index (κ2) is 7.40. The quantitative estimate of drug-likeness (QED) is 0.302. The zero-order valence-corrected chi connectivity index (χ0v) is 11.0. The molecule has 17 heavy (non-hydrogen) atoms. The topological polar surface area (TPSA) is 72.8 Å². The molecule has 0 aromatic heterocycles. The molecule has 0 heterocycles. The zero-order valence-electron chi connectivity index (χ0n) is 11.0. The van der Waals surface area contributed by atoms with Gasteiger partial charge in [0.2, 0.25) is 0 Å². The number of carbonyl (C=O) groups excluding carboxylic acids is 2. The largest absolute Gasteiger partial charge is 0.463 e. The molecular weight excluding hydrogens is 224 g/mol. The number of aliphatic hydroxyl groups excluding tert-OH is 1. The molecule has 1 atom stereocenters. The molecule has 1 N–H and O–H groups in total. The van der Waals surface area contributed by atoms with Crippen LogP contribution in [-0.4, -0.2) is 36.4 Å². The van der Waals surface area contributed by atoms with Crippen molar-refractivity contribution in [3.05, 3.63) is 0 Å². The summed E-state index contributed by atoms with van der Waals surface area (Å²) in [6.45, 7) is 7.22. The Labute approximate surface area is 102 Å². The summed E-state index contributed by atoms with van der Waals surface area (Å²) in [6, 6.07) is 0. The van der Waals surface area contributed by atoms with Crippen LogP contribution < -0.4 is 0 Å². The minimum Gasteiger partial charge on any atom is -0.463 e. The predicted molar refractivity (Wildman–Crippen MR) is 62.3 cm³/mol. The van der Waals surface area contributed by atoms with Gasteiger partial charge in [-0.2, -0.15) is 0 Å². The minimum absolute atomic E-state index is 0.0446. The molecule has 5 heteroatoms. The Kier molecular flexibility index (Phi) is 6.99. The number of ketones is 1. The molecule has 0 aliphatic heterocycles. The molecule has 0 bridgehead atoms. The molecule has 100 valence electrons. The first kappa shape index (κ1) is 16.1. The van der Waals surface area contributed by atoms with Crippen LogP contribution in [0.1, 0.15) is 40.5 Å². The van der Waals surface area contributed by atoms with E-state index >= 15 is 0 Å². The van der Waals surface area contributed by atoms with E-state index in [1.807, 2.05) is 20.8 Å². The molecule has 0 aromatic rings. The highest BCUT2D eigenvalue weighted by atomic mass is 16.6. The number of rotatable bonds is 8. The van der Waals surface area contributed by atoms with Gasteiger partial charge >= 0.3 is 5.97 Å². The summed E-state index contributed by atoms with van der Waals surface area (Å²) >= 11 is 0. The van der Waals surface area contributed by atoms with Crippen LogP contribution >= 0.6 is 0 Å². The van der Waals surface area contributed by atoms with E-state index in [0.29, 0.717) is 0 Å². The van der Waals surface area contributed by atoms with Gasteiger partial charge in [0.05, 0.1) is 6.61 Å². The first-order chi connectivity index (χ1) is 7.79. The van der Waals surface area contributed by atoms with Gasteiger partial charge in [-0.05, 0) is 13.3 Å². The number of hydrogen-bond donors (Lipinski definition) is 1. The Morgan fingerprint density at radius 2 is 1.88 bits per heavy atom. The van der Waals surface area contributed by atoms with E-state index in [9.17, 15) is 14.7 Å². The Bertz CT molecular complexity index is 260. The van der Waals surface area contributed by atoms with Gasteiger partial charge in [0, 0.05) is 5.41 Å². The van der Waals surface area contributed by atoms with Crippen molar-refractivity contribution in [2.75, 3.05) is 13.2 Å². The van der Waals surface area contributed by atoms with Gasteiger partial charge in [-0.1, -0.05) is 20.8 Å². The lowest BCUT2D eigenvalue weighted by Crippen LogP contribution is -2.32. The highest BCUT2D eigenvalue weighted by Gasteiger charge is 2.26. The summed E-state index contributed by atoms with van der Waals surface area (Å²) in [5, 5.41) is 9.67. The third-order valence-electron chi connectivity index (χ3n) is 2.60. The van der Waals surface area contributed by atoms with Gasteiger partial charge in [0.15, 0.2) is 6.29 Å². The number of Topliss-reactive ketones (excluding diaryl/α,β-unsaturated/α-hetero) is 1. The van der Waals surface area contributed by atoms with Gasteiger partial charge in [-0.3, -0.25) is 9.59 Å². The fourth-order valence-corrected chi connectivity index (χ4v) is 0.970. The van der Waals surface area contributed by atoms with E-state index in [1.165, 1.54) is 6.92 Å².